The van der Waals surface area contributed by atoms with Crippen LogP contribution in [0.5, 0.6) is 0 Å². The predicted molar refractivity (Wildman–Crippen MR) is 78.7 cm³/mol. The number of hydrogen-bond donors (Lipinski definition) is 1. The molecule has 0 aromatic carbocycles. The van der Waals surface area contributed by atoms with E-state index in [9.17, 15) is 9.90 Å². The summed E-state index contributed by atoms with van der Waals surface area (Å²) in [6, 6.07) is 0. The highest BCUT2D eigenvalue weighted by Crippen LogP contribution is 2.73. The van der Waals surface area contributed by atoms with E-state index in [1.807, 2.05) is 13.8 Å². The van der Waals surface area contributed by atoms with Crippen LogP contribution in [0.2, 0.25) is 0 Å². The number of hydrogen-bond acceptors (Lipinski definition) is 4. The Bertz CT molecular complexity index is 520. The van der Waals surface area contributed by atoms with Crippen molar-refractivity contribution in [2.24, 2.45) is 22.7 Å². The van der Waals surface area contributed by atoms with Crippen LogP contribution in [-0.2, 0) is 11.3 Å². The number of carboxylic acids is 1. The van der Waals surface area contributed by atoms with Gasteiger partial charge in [0.15, 0.2) is 5.82 Å². The second kappa shape index (κ2) is 5.07. The Morgan fingerprint density at radius 3 is 2.29 bits per heavy atom. The summed E-state index contributed by atoms with van der Waals surface area (Å²) < 4.78 is 1.70. The maximum atomic E-state index is 11.4. The summed E-state index contributed by atoms with van der Waals surface area (Å²) in [5.41, 5.74) is 0.270. The second-order valence-electron chi connectivity index (χ2n) is 7.76. The number of rotatable bonds is 6. The van der Waals surface area contributed by atoms with Crippen LogP contribution < -0.4 is 0 Å². The average Bonchev–Trinajstić information content (AvgIpc) is 2.65. The van der Waals surface area contributed by atoms with E-state index in [0.29, 0.717) is 18.9 Å². The van der Waals surface area contributed by atoms with E-state index in [0.717, 1.165) is 5.82 Å². The monoisotopic (exact) mass is 294 g/mol. The Morgan fingerprint density at radius 1 is 1.29 bits per heavy atom. The Balaban J connectivity index is 2.20. The van der Waals surface area contributed by atoms with Crippen molar-refractivity contribution >= 4 is 5.97 Å². The number of aromatic nitrogens is 4. The predicted octanol–water partition coefficient (Wildman–Crippen LogP) is 2.57. The first-order valence-electron chi connectivity index (χ1n) is 7.58. The molecule has 1 aliphatic rings. The van der Waals surface area contributed by atoms with Gasteiger partial charge in [0.1, 0.15) is 0 Å². The van der Waals surface area contributed by atoms with Crippen LogP contribution >= 0.6 is 0 Å². The first-order chi connectivity index (χ1) is 9.59. The highest BCUT2D eigenvalue weighted by Gasteiger charge is 2.67. The molecular weight excluding hydrogens is 268 g/mol. The van der Waals surface area contributed by atoms with Gasteiger partial charge in [0.2, 0.25) is 0 Å². The molecule has 1 N–H and O–H groups in total. The first kappa shape index (κ1) is 15.9. The molecule has 2 rings (SSSR count). The SMILES string of the molecule is CC(C)CC(Cn1nnnc1C1C(C)(C)C1(C)C)C(=O)O. The lowest BCUT2D eigenvalue weighted by molar-refractivity contribution is -0.142. The lowest BCUT2D eigenvalue weighted by atomic mass is 9.97. The van der Waals surface area contributed by atoms with Gasteiger partial charge in [-0.1, -0.05) is 41.5 Å². The van der Waals surface area contributed by atoms with Crippen LogP contribution in [0.3, 0.4) is 0 Å². The van der Waals surface area contributed by atoms with Crippen molar-refractivity contribution in [2.75, 3.05) is 0 Å². The summed E-state index contributed by atoms with van der Waals surface area (Å²) in [6.07, 6.45) is 0.631. The third-order valence-corrected chi connectivity index (χ3v) is 5.34. The molecule has 0 radical (unpaired) electrons. The number of carbonyl (C=O) groups is 1. The fraction of sp³-hybridized carbons (Fsp3) is 0.867. The lowest BCUT2D eigenvalue weighted by Gasteiger charge is -2.15. The zero-order chi connectivity index (χ0) is 16.0. The molecule has 1 saturated carbocycles. The van der Waals surface area contributed by atoms with Gasteiger partial charge in [0, 0.05) is 5.92 Å². The van der Waals surface area contributed by atoms with Crippen LogP contribution in [0.1, 0.15) is 59.7 Å². The van der Waals surface area contributed by atoms with E-state index in [4.69, 9.17) is 0 Å². The van der Waals surface area contributed by atoms with Gasteiger partial charge in [0.05, 0.1) is 12.5 Å². The van der Waals surface area contributed by atoms with Gasteiger partial charge in [-0.3, -0.25) is 4.79 Å². The van der Waals surface area contributed by atoms with E-state index in [1.165, 1.54) is 0 Å². The third-order valence-electron chi connectivity index (χ3n) is 5.34. The van der Waals surface area contributed by atoms with Gasteiger partial charge in [0.25, 0.3) is 0 Å². The summed E-state index contributed by atoms with van der Waals surface area (Å²) in [7, 11) is 0. The highest BCUT2D eigenvalue weighted by atomic mass is 16.4. The van der Waals surface area contributed by atoms with Gasteiger partial charge < -0.3 is 5.11 Å². The van der Waals surface area contributed by atoms with E-state index >= 15 is 0 Å². The van der Waals surface area contributed by atoms with Crippen LogP contribution in [0, 0.1) is 22.7 Å². The lowest BCUT2D eigenvalue weighted by Crippen LogP contribution is -2.24. The molecule has 1 aromatic rings. The van der Waals surface area contributed by atoms with Crippen molar-refractivity contribution in [3.8, 4) is 0 Å². The molecule has 21 heavy (non-hydrogen) atoms. The minimum absolute atomic E-state index is 0.135. The molecule has 0 amide bonds. The summed E-state index contributed by atoms with van der Waals surface area (Å²) in [4.78, 5) is 11.4. The Labute approximate surface area is 125 Å². The van der Waals surface area contributed by atoms with Crippen molar-refractivity contribution in [1.29, 1.82) is 0 Å². The third kappa shape index (κ3) is 2.68. The van der Waals surface area contributed by atoms with Gasteiger partial charge in [-0.15, -0.1) is 5.10 Å². The van der Waals surface area contributed by atoms with E-state index in [2.05, 4.69) is 43.2 Å². The molecule has 1 unspecified atom stereocenters. The largest absolute Gasteiger partial charge is 0.481 e. The molecule has 0 spiro atoms. The number of aliphatic carboxylic acids is 1. The van der Waals surface area contributed by atoms with Gasteiger partial charge in [-0.05, 0) is 33.6 Å². The molecule has 0 bridgehead atoms. The molecule has 1 atom stereocenters. The quantitative estimate of drug-likeness (QED) is 0.872. The number of carboxylic acid groups (broad SMARTS) is 1. The van der Waals surface area contributed by atoms with Gasteiger partial charge in [-0.25, -0.2) is 4.68 Å². The summed E-state index contributed by atoms with van der Waals surface area (Å²) in [6.45, 7) is 13.2. The molecule has 1 aromatic heterocycles. The van der Waals surface area contributed by atoms with E-state index in [-0.39, 0.29) is 16.7 Å². The molecule has 6 nitrogen and oxygen atoms in total. The summed E-state index contributed by atoms with van der Waals surface area (Å²) in [5.74, 6) is 0.199. The van der Waals surface area contributed by atoms with E-state index < -0.39 is 11.9 Å². The molecule has 6 heteroatoms. The summed E-state index contributed by atoms with van der Waals surface area (Å²) in [5, 5.41) is 21.4. The average molecular weight is 294 g/mol. The van der Waals surface area contributed by atoms with Crippen molar-refractivity contribution in [1.82, 2.24) is 20.2 Å². The molecule has 1 heterocycles. The van der Waals surface area contributed by atoms with Crippen LogP contribution in [0.4, 0.5) is 0 Å². The fourth-order valence-corrected chi connectivity index (χ4v) is 3.42. The normalized spacial score (nSPS) is 21.5. The maximum Gasteiger partial charge on any atom is 0.308 e. The zero-order valence-electron chi connectivity index (χ0n) is 13.8. The van der Waals surface area contributed by atoms with Crippen LogP contribution in [0.25, 0.3) is 0 Å². The first-order valence-corrected chi connectivity index (χ1v) is 7.58. The van der Waals surface area contributed by atoms with Crippen LogP contribution in [-0.4, -0.2) is 31.3 Å². The molecule has 0 saturated heterocycles. The molecule has 1 fully saturated rings. The number of nitrogens with zero attached hydrogens (tertiary/aromatic N) is 4. The Morgan fingerprint density at radius 2 is 1.86 bits per heavy atom. The molecule has 1 aliphatic carbocycles. The minimum Gasteiger partial charge on any atom is -0.481 e. The standard InChI is InChI=1S/C15H26N4O2/c1-9(2)7-10(13(20)21)8-19-12(16-17-18-19)11-14(3,4)15(11,5)6/h9-11H,7-8H2,1-6H3,(H,20,21). The zero-order valence-corrected chi connectivity index (χ0v) is 13.8. The van der Waals surface area contributed by atoms with Crippen molar-refractivity contribution in [2.45, 2.75) is 60.4 Å². The van der Waals surface area contributed by atoms with Crippen molar-refractivity contribution < 1.29 is 9.90 Å². The second-order valence-corrected chi connectivity index (χ2v) is 7.76. The van der Waals surface area contributed by atoms with Crippen molar-refractivity contribution in [3.63, 3.8) is 0 Å². The van der Waals surface area contributed by atoms with Crippen molar-refractivity contribution in [3.05, 3.63) is 5.82 Å². The smallest absolute Gasteiger partial charge is 0.308 e. The summed E-state index contributed by atoms with van der Waals surface area (Å²) >= 11 is 0. The van der Waals surface area contributed by atoms with Gasteiger partial charge in [-0.2, -0.15) is 0 Å². The topological polar surface area (TPSA) is 80.9 Å². The maximum absolute atomic E-state index is 11.4. The molecular formula is C15H26N4O2. The Kier molecular flexibility index (Phi) is 3.84. The fourth-order valence-electron chi connectivity index (χ4n) is 3.42. The molecule has 0 aliphatic heterocycles. The minimum atomic E-state index is -0.778. The highest BCUT2D eigenvalue weighted by molar-refractivity contribution is 5.69. The van der Waals surface area contributed by atoms with Crippen LogP contribution in [0.15, 0.2) is 0 Å². The Hall–Kier alpha value is -1.46. The number of tetrazole rings is 1. The molecule has 118 valence electrons. The van der Waals surface area contributed by atoms with Gasteiger partial charge >= 0.3 is 5.97 Å². The van der Waals surface area contributed by atoms with E-state index in [1.54, 1.807) is 4.68 Å².